The molecule has 1 N–H and O–H groups in total. The van der Waals surface area contributed by atoms with Crippen molar-refractivity contribution in [3.63, 3.8) is 0 Å². The molecule has 0 spiro atoms. The van der Waals surface area contributed by atoms with Crippen molar-refractivity contribution in [2.45, 2.75) is 19.4 Å². The summed E-state index contributed by atoms with van der Waals surface area (Å²) in [6, 6.07) is 23.7. The van der Waals surface area contributed by atoms with E-state index in [1.165, 1.54) is 5.56 Å². The quantitative estimate of drug-likeness (QED) is 0.662. The van der Waals surface area contributed by atoms with Crippen LogP contribution in [0.4, 0.5) is 5.69 Å². The van der Waals surface area contributed by atoms with E-state index in [1.807, 2.05) is 60.7 Å². The highest BCUT2D eigenvalue weighted by atomic mass is 16.2. The number of hydrogen-bond donors (Lipinski definition) is 1. The van der Waals surface area contributed by atoms with Gasteiger partial charge >= 0.3 is 0 Å². The van der Waals surface area contributed by atoms with E-state index < -0.39 is 5.92 Å². The highest BCUT2D eigenvalue weighted by Crippen LogP contribution is 2.29. The molecule has 0 bridgehead atoms. The Hall–Kier alpha value is -3.47. The minimum absolute atomic E-state index is 0.135. The molecule has 1 saturated heterocycles. The molecule has 1 aliphatic heterocycles. The van der Waals surface area contributed by atoms with Crippen molar-refractivity contribution in [3.05, 3.63) is 95.8 Å². The van der Waals surface area contributed by atoms with Gasteiger partial charge < -0.3 is 10.2 Å². The van der Waals surface area contributed by atoms with Crippen molar-refractivity contribution in [3.8, 4) is 0 Å². The molecule has 1 aromatic heterocycles. The Morgan fingerprint density at radius 1 is 1.00 bits per heavy atom. The van der Waals surface area contributed by atoms with Crippen LogP contribution in [0.1, 0.15) is 23.2 Å². The zero-order valence-corrected chi connectivity index (χ0v) is 16.1. The molecule has 3 aromatic rings. The fourth-order valence-electron chi connectivity index (χ4n) is 3.71. The summed E-state index contributed by atoms with van der Waals surface area (Å²) in [6.07, 6.45) is 2.96. The van der Waals surface area contributed by atoms with Crippen LogP contribution in [0.3, 0.4) is 0 Å². The summed E-state index contributed by atoms with van der Waals surface area (Å²) in [4.78, 5) is 31.6. The third-order valence-electron chi connectivity index (χ3n) is 5.21. The molecule has 5 nitrogen and oxygen atoms in total. The van der Waals surface area contributed by atoms with Crippen molar-refractivity contribution < 1.29 is 9.59 Å². The third kappa shape index (κ3) is 4.35. The summed E-state index contributed by atoms with van der Waals surface area (Å²) in [5.74, 6) is -1.02. The summed E-state index contributed by atoms with van der Waals surface area (Å²) in [7, 11) is 0. The first-order valence-electron chi connectivity index (χ1n) is 9.83. The maximum absolute atomic E-state index is 13.0. The normalized spacial score (nSPS) is 16.1. The number of hydrogen-bond acceptors (Lipinski definition) is 3. The van der Waals surface area contributed by atoms with E-state index >= 15 is 0 Å². The smallest absolute Gasteiger partial charge is 0.239 e. The average molecular weight is 385 g/mol. The molecule has 29 heavy (non-hydrogen) atoms. The van der Waals surface area contributed by atoms with Crippen LogP contribution in [0.2, 0.25) is 0 Å². The maximum atomic E-state index is 13.0. The summed E-state index contributed by atoms with van der Waals surface area (Å²) in [5.41, 5.74) is 3.94. The highest BCUT2D eigenvalue weighted by Gasteiger charge is 2.38. The number of pyridine rings is 1. The summed E-state index contributed by atoms with van der Waals surface area (Å²) in [5, 5.41) is 2.85. The molecule has 1 atom stereocenters. The lowest BCUT2D eigenvalue weighted by atomic mass is 10.0. The van der Waals surface area contributed by atoms with Crippen LogP contribution in [0.15, 0.2) is 79.0 Å². The lowest BCUT2D eigenvalue weighted by Crippen LogP contribution is -2.37. The molecule has 2 heterocycles. The largest absolute Gasteiger partial charge is 0.350 e. The standard InChI is InChI=1S/C24H23N3O2/c28-23(26-17-20-11-6-7-14-25-20)21-13-15-27(24(21)29)22-12-5-4-10-19(22)16-18-8-2-1-3-9-18/h1-12,14,21H,13,15-17H2,(H,26,28)/t21-/m1/s1. The van der Waals surface area contributed by atoms with Gasteiger partial charge in [-0.2, -0.15) is 0 Å². The number of rotatable bonds is 6. The SMILES string of the molecule is O=C(NCc1ccccn1)[C@H]1CCN(c2ccccc2Cc2ccccc2)C1=O. The van der Waals surface area contributed by atoms with E-state index in [4.69, 9.17) is 0 Å². The zero-order valence-electron chi connectivity index (χ0n) is 16.1. The molecule has 4 rings (SSSR count). The number of nitrogens with zero attached hydrogens (tertiary/aromatic N) is 2. The van der Waals surface area contributed by atoms with Gasteiger partial charge in [-0.15, -0.1) is 0 Å². The molecule has 1 fully saturated rings. The molecule has 0 aliphatic carbocycles. The number of aromatic nitrogens is 1. The Morgan fingerprint density at radius 2 is 1.76 bits per heavy atom. The first-order valence-corrected chi connectivity index (χ1v) is 9.83. The molecule has 1 aliphatic rings. The molecular weight excluding hydrogens is 362 g/mol. The van der Waals surface area contributed by atoms with E-state index in [9.17, 15) is 9.59 Å². The lowest BCUT2D eigenvalue weighted by molar-refractivity contribution is -0.132. The molecule has 0 radical (unpaired) electrons. The first kappa shape index (κ1) is 18.9. The summed E-state index contributed by atoms with van der Waals surface area (Å²) < 4.78 is 0. The highest BCUT2D eigenvalue weighted by molar-refractivity contribution is 6.09. The topological polar surface area (TPSA) is 62.3 Å². The first-order chi connectivity index (χ1) is 14.2. The van der Waals surface area contributed by atoms with Gasteiger partial charge in [0.05, 0.1) is 12.2 Å². The van der Waals surface area contributed by atoms with Gasteiger partial charge in [-0.05, 0) is 42.2 Å². The van der Waals surface area contributed by atoms with E-state index in [0.717, 1.165) is 23.4 Å². The number of carbonyl (C=O) groups excluding carboxylic acids is 2. The average Bonchev–Trinajstić information content (AvgIpc) is 3.15. The molecule has 0 saturated carbocycles. The van der Waals surface area contributed by atoms with E-state index in [2.05, 4.69) is 22.4 Å². The fraction of sp³-hybridized carbons (Fsp3) is 0.208. The molecule has 0 unspecified atom stereocenters. The van der Waals surface area contributed by atoms with Crippen LogP contribution in [0.25, 0.3) is 0 Å². The second-order valence-electron chi connectivity index (χ2n) is 7.16. The lowest BCUT2D eigenvalue weighted by Gasteiger charge is -2.20. The van der Waals surface area contributed by atoms with Crippen LogP contribution in [-0.4, -0.2) is 23.3 Å². The van der Waals surface area contributed by atoms with E-state index in [0.29, 0.717) is 19.5 Å². The summed E-state index contributed by atoms with van der Waals surface area (Å²) >= 11 is 0. The Kier molecular flexibility index (Phi) is 5.66. The predicted octanol–water partition coefficient (Wildman–Crippen LogP) is 3.34. The van der Waals surface area contributed by atoms with Crippen molar-refractivity contribution in [2.24, 2.45) is 5.92 Å². The molecule has 5 heteroatoms. The minimum atomic E-state index is -0.650. The number of nitrogens with one attached hydrogen (secondary N) is 1. The Labute approximate surface area is 170 Å². The number of anilines is 1. The van der Waals surface area contributed by atoms with Crippen LogP contribution < -0.4 is 10.2 Å². The van der Waals surface area contributed by atoms with Crippen LogP contribution in [0.5, 0.6) is 0 Å². The van der Waals surface area contributed by atoms with Gasteiger partial charge in [-0.3, -0.25) is 14.6 Å². The summed E-state index contributed by atoms with van der Waals surface area (Å²) in [6.45, 7) is 0.875. The number of amides is 2. The van der Waals surface area contributed by atoms with Gasteiger partial charge in [0.15, 0.2) is 0 Å². The Morgan fingerprint density at radius 3 is 2.55 bits per heavy atom. The second-order valence-corrected chi connectivity index (χ2v) is 7.16. The van der Waals surface area contributed by atoms with Crippen LogP contribution in [0, 0.1) is 5.92 Å². The van der Waals surface area contributed by atoms with Gasteiger partial charge in [0, 0.05) is 18.4 Å². The fourth-order valence-corrected chi connectivity index (χ4v) is 3.71. The number of benzene rings is 2. The molecule has 2 aromatic carbocycles. The van der Waals surface area contributed by atoms with E-state index in [1.54, 1.807) is 11.1 Å². The van der Waals surface area contributed by atoms with Crippen molar-refractivity contribution in [1.82, 2.24) is 10.3 Å². The van der Waals surface area contributed by atoms with Crippen LogP contribution >= 0.6 is 0 Å². The Bertz CT molecular complexity index is 989. The van der Waals surface area contributed by atoms with Crippen molar-refractivity contribution in [2.75, 3.05) is 11.4 Å². The maximum Gasteiger partial charge on any atom is 0.239 e. The predicted molar refractivity (Wildman–Crippen MR) is 112 cm³/mol. The molecule has 2 amide bonds. The van der Waals surface area contributed by atoms with Gasteiger partial charge in [0.2, 0.25) is 11.8 Å². The van der Waals surface area contributed by atoms with Crippen LogP contribution in [-0.2, 0) is 22.6 Å². The van der Waals surface area contributed by atoms with E-state index in [-0.39, 0.29) is 11.8 Å². The zero-order chi connectivity index (χ0) is 20.1. The third-order valence-corrected chi connectivity index (χ3v) is 5.21. The Balaban J connectivity index is 1.46. The second kappa shape index (κ2) is 8.69. The van der Waals surface area contributed by atoms with Gasteiger partial charge in [0.25, 0.3) is 0 Å². The minimum Gasteiger partial charge on any atom is -0.350 e. The monoisotopic (exact) mass is 385 g/mol. The van der Waals surface area contributed by atoms with Crippen molar-refractivity contribution in [1.29, 1.82) is 0 Å². The van der Waals surface area contributed by atoms with Gasteiger partial charge in [0.1, 0.15) is 5.92 Å². The van der Waals surface area contributed by atoms with Gasteiger partial charge in [-0.25, -0.2) is 0 Å². The van der Waals surface area contributed by atoms with Crippen molar-refractivity contribution >= 4 is 17.5 Å². The number of carbonyl (C=O) groups is 2. The molecular formula is C24H23N3O2. The van der Waals surface area contributed by atoms with Gasteiger partial charge in [-0.1, -0.05) is 54.6 Å². The molecule has 146 valence electrons. The number of para-hydroxylation sites is 1.